The van der Waals surface area contributed by atoms with Crippen molar-refractivity contribution >= 4 is 52.4 Å². The zero-order valence-corrected chi connectivity index (χ0v) is 20.3. The fraction of sp³-hybridized carbons (Fsp3) is 0.111. The number of nitrogens with one attached hydrogen (secondary N) is 2. The molecule has 0 bridgehead atoms. The van der Waals surface area contributed by atoms with E-state index < -0.39 is 17.8 Å². The molecule has 0 aromatic heterocycles. The van der Waals surface area contributed by atoms with Gasteiger partial charge in [0.1, 0.15) is 10.7 Å². The van der Waals surface area contributed by atoms with Crippen LogP contribution in [0.3, 0.4) is 0 Å². The number of halogens is 1. The summed E-state index contributed by atoms with van der Waals surface area (Å²) in [5, 5.41) is 5.40. The summed E-state index contributed by atoms with van der Waals surface area (Å²) in [6, 6.07) is 19.9. The minimum absolute atomic E-state index is 0.113. The number of aryl methyl sites for hydroxylation is 1. The summed E-state index contributed by atoms with van der Waals surface area (Å²) in [5.41, 5.74) is 2.98. The number of hydrogen-bond donors (Lipinski definition) is 2. The molecule has 1 heterocycles. The van der Waals surface area contributed by atoms with E-state index in [0.717, 1.165) is 11.3 Å². The highest BCUT2D eigenvalue weighted by atomic mass is 35.5. The highest BCUT2D eigenvalue weighted by Crippen LogP contribution is 2.30. The molecule has 0 radical (unpaired) electrons. The van der Waals surface area contributed by atoms with E-state index in [1.165, 1.54) is 36.9 Å². The third-order valence-corrected chi connectivity index (χ3v) is 5.94. The van der Waals surface area contributed by atoms with Crippen LogP contribution >= 0.6 is 11.6 Å². The van der Waals surface area contributed by atoms with Crippen molar-refractivity contribution in [3.8, 4) is 0 Å². The molecule has 182 valence electrons. The quantitative estimate of drug-likeness (QED) is 0.357. The second kappa shape index (κ2) is 10.5. The van der Waals surface area contributed by atoms with E-state index >= 15 is 0 Å². The van der Waals surface area contributed by atoms with Gasteiger partial charge >= 0.3 is 5.97 Å². The second-order valence-corrected chi connectivity index (χ2v) is 8.26. The van der Waals surface area contributed by atoms with Gasteiger partial charge in [-0.2, -0.15) is 0 Å². The SMILES string of the molecule is CCc1ccc(NC(=O)c2ccc(NC3=C(Cl)C(=O)N(c4cccc(C(=O)OC)c4)C3=O)cc2)cc1. The van der Waals surface area contributed by atoms with Crippen LogP contribution in [-0.2, 0) is 20.7 Å². The molecule has 4 rings (SSSR count). The van der Waals surface area contributed by atoms with Gasteiger partial charge in [0.2, 0.25) is 0 Å². The van der Waals surface area contributed by atoms with Gasteiger partial charge in [0.05, 0.1) is 18.4 Å². The van der Waals surface area contributed by atoms with E-state index in [9.17, 15) is 19.2 Å². The first-order valence-corrected chi connectivity index (χ1v) is 11.4. The molecule has 36 heavy (non-hydrogen) atoms. The maximum atomic E-state index is 13.0. The Hall–Kier alpha value is -4.43. The number of carbonyl (C=O) groups excluding carboxylic acids is 4. The van der Waals surface area contributed by atoms with Crippen LogP contribution < -0.4 is 15.5 Å². The number of methoxy groups -OCH3 is 1. The van der Waals surface area contributed by atoms with Crippen LogP contribution in [0.1, 0.15) is 33.2 Å². The topological polar surface area (TPSA) is 105 Å². The van der Waals surface area contributed by atoms with Gasteiger partial charge in [-0.25, -0.2) is 9.69 Å². The lowest BCUT2D eigenvalue weighted by molar-refractivity contribution is -0.120. The largest absolute Gasteiger partial charge is 0.465 e. The van der Waals surface area contributed by atoms with E-state index in [1.54, 1.807) is 24.3 Å². The molecular formula is C27H22ClN3O5. The Bertz CT molecular complexity index is 1380. The Morgan fingerprint density at radius 1 is 0.889 bits per heavy atom. The Labute approximate surface area is 212 Å². The van der Waals surface area contributed by atoms with Crippen molar-refractivity contribution in [1.29, 1.82) is 0 Å². The van der Waals surface area contributed by atoms with Crippen LogP contribution in [0, 0.1) is 0 Å². The lowest BCUT2D eigenvalue weighted by Crippen LogP contribution is -2.32. The number of hydrogen-bond acceptors (Lipinski definition) is 6. The number of nitrogens with zero attached hydrogens (tertiary/aromatic N) is 1. The zero-order valence-electron chi connectivity index (χ0n) is 19.5. The number of imide groups is 1. The number of amides is 3. The Kier molecular flexibility index (Phi) is 7.17. The first-order chi connectivity index (χ1) is 17.3. The van der Waals surface area contributed by atoms with Crippen molar-refractivity contribution in [2.45, 2.75) is 13.3 Å². The highest BCUT2D eigenvalue weighted by Gasteiger charge is 2.39. The average molecular weight is 504 g/mol. The summed E-state index contributed by atoms with van der Waals surface area (Å²) >= 11 is 6.19. The smallest absolute Gasteiger partial charge is 0.337 e. The summed E-state index contributed by atoms with van der Waals surface area (Å²) in [6.45, 7) is 2.06. The molecule has 0 fully saturated rings. The molecule has 0 unspecified atom stereocenters. The van der Waals surface area contributed by atoms with Crippen molar-refractivity contribution in [2.24, 2.45) is 0 Å². The van der Waals surface area contributed by atoms with Gasteiger partial charge in [-0.15, -0.1) is 0 Å². The average Bonchev–Trinajstić information content (AvgIpc) is 3.11. The van der Waals surface area contributed by atoms with Gasteiger partial charge in [-0.1, -0.05) is 36.7 Å². The summed E-state index contributed by atoms with van der Waals surface area (Å²) in [6.07, 6.45) is 0.912. The molecule has 2 N–H and O–H groups in total. The van der Waals surface area contributed by atoms with E-state index in [1.807, 2.05) is 24.3 Å². The van der Waals surface area contributed by atoms with E-state index in [0.29, 0.717) is 16.9 Å². The zero-order chi connectivity index (χ0) is 25.8. The Balaban J connectivity index is 1.47. The lowest BCUT2D eigenvalue weighted by Gasteiger charge is -2.16. The highest BCUT2D eigenvalue weighted by molar-refractivity contribution is 6.53. The number of esters is 1. The number of ether oxygens (including phenoxy) is 1. The standard InChI is InChI=1S/C27H22ClN3O5/c1-3-16-7-11-20(12-8-16)30-24(32)17-9-13-19(14-10-17)29-23-22(28)25(33)31(26(23)34)21-6-4-5-18(15-21)27(35)36-2/h4-15,29H,3H2,1-2H3,(H,30,32). The molecule has 0 aliphatic carbocycles. The Morgan fingerprint density at radius 2 is 1.56 bits per heavy atom. The number of carbonyl (C=O) groups is 4. The molecule has 3 amide bonds. The summed E-state index contributed by atoms with van der Waals surface area (Å²) < 4.78 is 4.69. The minimum atomic E-state index is -0.726. The molecule has 3 aromatic carbocycles. The fourth-order valence-electron chi connectivity index (χ4n) is 3.61. The third-order valence-electron chi connectivity index (χ3n) is 5.59. The van der Waals surface area contributed by atoms with Gasteiger partial charge < -0.3 is 15.4 Å². The maximum Gasteiger partial charge on any atom is 0.337 e. The molecule has 8 nitrogen and oxygen atoms in total. The van der Waals surface area contributed by atoms with Gasteiger partial charge in [-0.3, -0.25) is 14.4 Å². The normalized spacial score (nSPS) is 13.1. The molecule has 0 saturated carbocycles. The van der Waals surface area contributed by atoms with Crippen LogP contribution in [0.2, 0.25) is 0 Å². The fourth-order valence-corrected chi connectivity index (χ4v) is 3.82. The summed E-state index contributed by atoms with van der Waals surface area (Å²) in [7, 11) is 1.24. The predicted molar refractivity (Wildman–Crippen MR) is 137 cm³/mol. The lowest BCUT2D eigenvalue weighted by atomic mass is 10.1. The molecule has 1 aliphatic heterocycles. The van der Waals surface area contributed by atoms with Crippen molar-refractivity contribution in [3.63, 3.8) is 0 Å². The van der Waals surface area contributed by atoms with Gasteiger partial charge in [0.25, 0.3) is 17.7 Å². The van der Waals surface area contributed by atoms with Gasteiger partial charge in [-0.05, 0) is 66.6 Å². The van der Waals surface area contributed by atoms with Crippen molar-refractivity contribution in [1.82, 2.24) is 0 Å². The molecule has 3 aromatic rings. The second-order valence-electron chi connectivity index (χ2n) is 7.88. The molecule has 0 atom stereocenters. The summed E-state index contributed by atoms with van der Waals surface area (Å²) in [5.74, 6) is -2.29. The molecule has 9 heteroatoms. The molecule has 1 aliphatic rings. The monoisotopic (exact) mass is 503 g/mol. The maximum absolute atomic E-state index is 13.0. The van der Waals surface area contributed by atoms with E-state index in [-0.39, 0.29) is 27.9 Å². The molecule has 0 spiro atoms. The van der Waals surface area contributed by atoms with Crippen LogP contribution in [0.5, 0.6) is 0 Å². The number of rotatable bonds is 7. The minimum Gasteiger partial charge on any atom is -0.465 e. The van der Waals surface area contributed by atoms with Crippen LogP contribution in [-0.4, -0.2) is 30.8 Å². The number of benzene rings is 3. The third kappa shape index (κ3) is 4.99. The van der Waals surface area contributed by atoms with Gasteiger partial charge in [0.15, 0.2) is 0 Å². The van der Waals surface area contributed by atoms with Crippen LogP contribution in [0.4, 0.5) is 17.1 Å². The summed E-state index contributed by atoms with van der Waals surface area (Å²) in [4.78, 5) is 51.0. The molecular weight excluding hydrogens is 482 g/mol. The Morgan fingerprint density at radius 3 is 2.19 bits per heavy atom. The van der Waals surface area contributed by atoms with Crippen molar-refractivity contribution < 1.29 is 23.9 Å². The van der Waals surface area contributed by atoms with Crippen LogP contribution in [0.15, 0.2) is 83.5 Å². The first-order valence-electron chi connectivity index (χ1n) is 11.1. The van der Waals surface area contributed by atoms with Crippen LogP contribution in [0.25, 0.3) is 0 Å². The van der Waals surface area contributed by atoms with E-state index in [2.05, 4.69) is 17.6 Å². The molecule has 0 saturated heterocycles. The van der Waals surface area contributed by atoms with E-state index in [4.69, 9.17) is 16.3 Å². The predicted octanol–water partition coefficient (Wildman–Crippen LogP) is 4.72. The first kappa shape index (κ1) is 24.7. The van der Waals surface area contributed by atoms with Crippen molar-refractivity contribution in [2.75, 3.05) is 22.6 Å². The van der Waals surface area contributed by atoms with Gasteiger partial charge in [0, 0.05) is 16.9 Å². The number of anilines is 3. The van der Waals surface area contributed by atoms with Crippen molar-refractivity contribution in [3.05, 3.63) is 100 Å².